The van der Waals surface area contributed by atoms with Gasteiger partial charge >= 0.3 is 5.97 Å². The average Bonchev–Trinajstić information content (AvgIpc) is 2.46. The van der Waals surface area contributed by atoms with Crippen molar-refractivity contribution in [3.05, 3.63) is 23.1 Å². The zero-order valence-electron chi connectivity index (χ0n) is 6.28. The van der Waals surface area contributed by atoms with E-state index in [-0.39, 0.29) is 10.7 Å². The predicted octanol–water partition coefficient (Wildman–Crippen LogP) is 1.31. The molecule has 13 heavy (non-hydrogen) atoms. The topological polar surface area (TPSA) is 78.9 Å². The Balaban J connectivity index is 2.76. The highest BCUT2D eigenvalue weighted by molar-refractivity contribution is 6.29. The Hall–Kier alpha value is -1.62. The van der Waals surface area contributed by atoms with Gasteiger partial charge in [-0.25, -0.2) is 14.8 Å². The van der Waals surface area contributed by atoms with E-state index in [1.165, 1.54) is 12.4 Å². The lowest BCUT2D eigenvalue weighted by molar-refractivity contribution is 0.0699. The third-order valence-electron chi connectivity index (χ3n) is 1.58. The number of hydrogen-bond donors (Lipinski definition) is 2. The number of aromatic carboxylic acids is 1. The van der Waals surface area contributed by atoms with Gasteiger partial charge in [0, 0.05) is 6.20 Å². The van der Waals surface area contributed by atoms with Gasteiger partial charge in [-0.3, -0.25) is 0 Å². The molecule has 0 unspecified atom stereocenters. The SMILES string of the molecule is O=C(O)c1c[nH]c2nc(Cl)cnc12. The van der Waals surface area contributed by atoms with Gasteiger partial charge < -0.3 is 10.1 Å². The van der Waals surface area contributed by atoms with Gasteiger partial charge in [0.1, 0.15) is 16.2 Å². The molecule has 2 N–H and O–H groups in total. The Morgan fingerprint density at radius 1 is 1.62 bits per heavy atom. The number of aromatic nitrogens is 3. The summed E-state index contributed by atoms with van der Waals surface area (Å²) in [7, 11) is 0. The molecule has 0 amide bonds. The fourth-order valence-electron chi connectivity index (χ4n) is 1.04. The van der Waals surface area contributed by atoms with Crippen molar-refractivity contribution in [2.75, 3.05) is 0 Å². The minimum atomic E-state index is -1.04. The number of halogens is 1. The van der Waals surface area contributed by atoms with Crippen molar-refractivity contribution < 1.29 is 9.90 Å². The molecule has 0 saturated carbocycles. The second-order valence-corrected chi connectivity index (χ2v) is 2.78. The van der Waals surface area contributed by atoms with E-state index in [9.17, 15) is 4.79 Å². The number of carbonyl (C=O) groups is 1. The van der Waals surface area contributed by atoms with E-state index in [1.54, 1.807) is 0 Å². The molecular weight excluding hydrogens is 194 g/mol. The van der Waals surface area contributed by atoms with Crippen LogP contribution < -0.4 is 0 Å². The average molecular weight is 198 g/mol. The fraction of sp³-hybridized carbons (Fsp3) is 0. The highest BCUT2D eigenvalue weighted by Crippen LogP contribution is 2.15. The quantitative estimate of drug-likeness (QED) is 0.723. The molecule has 5 nitrogen and oxygen atoms in total. The Morgan fingerprint density at radius 2 is 2.38 bits per heavy atom. The van der Waals surface area contributed by atoms with Gasteiger partial charge in [-0.05, 0) is 0 Å². The van der Waals surface area contributed by atoms with E-state index in [1.807, 2.05) is 0 Å². The molecule has 6 heteroatoms. The molecule has 2 heterocycles. The molecule has 2 aromatic rings. The fourth-order valence-corrected chi connectivity index (χ4v) is 1.17. The summed E-state index contributed by atoms with van der Waals surface area (Å²) in [5, 5.41) is 8.95. The van der Waals surface area contributed by atoms with Crippen LogP contribution in [-0.4, -0.2) is 26.0 Å². The van der Waals surface area contributed by atoms with Crippen LogP contribution in [0.4, 0.5) is 0 Å². The van der Waals surface area contributed by atoms with Crippen molar-refractivity contribution in [3.8, 4) is 0 Å². The molecule has 0 aromatic carbocycles. The molecule has 0 spiro atoms. The zero-order valence-corrected chi connectivity index (χ0v) is 7.04. The van der Waals surface area contributed by atoms with Gasteiger partial charge in [0.15, 0.2) is 5.65 Å². The molecule has 0 bridgehead atoms. The third-order valence-corrected chi connectivity index (χ3v) is 1.76. The van der Waals surface area contributed by atoms with E-state index < -0.39 is 5.97 Å². The molecular formula is C7H4ClN3O2. The largest absolute Gasteiger partial charge is 0.478 e. The number of hydrogen-bond acceptors (Lipinski definition) is 3. The Kier molecular flexibility index (Phi) is 1.66. The van der Waals surface area contributed by atoms with Crippen LogP contribution in [-0.2, 0) is 0 Å². The van der Waals surface area contributed by atoms with Gasteiger partial charge in [0.05, 0.1) is 6.20 Å². The number of carboxylic acid groups (broad SMARTS) is 1. The molecule has 0 fully saturated rings. The van der Waals surface area contributed by atoms with Crippen molar-refractivity contribution in [2.24, 2.45) is 0 Å². The maximum absolute atomic E-state index is 10.6. The maximum Gasteiger partial charge on any atom is 0.339 e. The van der Waals surface area contributed by atoms with Crippen LogP contribution in [0.15, 0.2) is 12.4 Å². The number of H-pyrrole nitrogens is 1. The number of carboxylic acids is 1. The molecule has 2 aromatic heterocycles. The monoisotopic (exact) mass is 197 g/mol. The van der Waals surface area contributed by atoms with Gasteiger partial charge in [0.25, 0.3) is 0 Å². The summed E-state index contributed by atoms with van der Waals surface area (Å²) in [6.45, 7) is 0. The van der Waals surface area contributed by atoms with Gasteiger partial charge in [0.2, 0.25) is 0 Å². The molecule has 0 aliphatic rings. The summed E-state index contributed by atoms with van der Waals surface area (Å²) in [6.07, 6.45) is 2.65. The highest BCUT2D eigenvalue weighted by atomic mass is 35.5. The normalized spacial score (nSPS) is 10.5. The Bertz CT molecular complexity index is 480. The van der Waals surface area contributed by atoms with Crippen LogP contribution in [0.5, 0.6) is 0 Å². The van der Waals surface area contributed by atoms with Crippen LogP contribution in [0, 0.1) is 0 Å². The summed E-state index contributed by atoms with van der Waals surface area (Å²) in [4.78, 5) is 21.0. The second kappa shape index (κ2) is 2.70. The van der Waals surface area contributed by atoms with Crippen molar-refractivity contribution in [1.82, 2.24) is 15.0 Å². The van der Waals surface area contributed by atoms with Crippen molar-refractivity contribution in [1.29, 1.82) is 0 Å². The van der Waals surface area contributed by atoms with Crippen molar-refractivity contribution >= 4 is 28.7 Å². The number of nitrogens with zero attached hydrogens (tertiary/aromatic N) is 2. The predicted molar refractivity (Wildman–Crippen MR) is 45.9 cm³/mol. The van der Waals surface area contributed by atoms with Gasteiger partial charge in [-0.1, -0.05) is 11.6 Å². The number of aromatic amines is 1. The van der Waals surface area contributed by atoms with Crippen LogP contribution in [0.2, 0.25) is 5.15 Å². The Labute approximate surface area is 77.4 Å². The minimum Gasteiger partial charge on any atom is -0.478 e. The molecule has 0 radical (unpaired) electrons. The van der Waals surface area contributed by atoms with Gasteiger partial charge in [-0.15, -0.1) is 0 Å². The third kappa shape index (κ3) is 1.23. The first kappa shape index (κ1) is 8.00. The van der Waals surface area contributed by atoms with E-state index in [0.717, 1.165) is 0 Å². The van der Waals surface area contributed by atoms with Crippen molar-refractivity contribution in [3.63, 3.8) is 0 Å². The van der Waals surface area contributed by atoms with E-state index in [2.05, 4.69) is 15.0 Å². The molecule has 0 aliphatic carbocycles. The zero-order chi connectivity index (χ0) is 9.42. The molecule has 66 valence electrons. The first-order chi connectivity index (χ1) is 6.18. The summed E-state index contributed by atoms with van der Waals surface area (Å²) in [5.74, 6) is -1.04. The highest BCUT2D eigenvalue weighted by Gasteiger charge is 2.12. The lowest BCUT2D eigenvalue weighted by atomic mass is 10.3. The first-order valence-electron chi connectivity index (χ1n) is 3.41. The summed E-state index contributed by atoms with van der Waals surface area (Å²) < 4.78 is 0. The second-order valence-electron chi connectivity index (χ2n) is 2.40. The van der Waals surface area contributed by atoms with E-state index >= 15 is 0 Å². The lowest BCUT2D eigenvalue weighted by Gasteiger charge is -1.90. The first-order valence-corrected chi connectivity index (χ1v) is 3.79. The standard InChI is InChI=1S/C7H4ClN3O2/c8-4-2-9-5-3(7(12)13)1-10-6(5)11-4/h1-2H,(H,10,11)(H,12,13). The molecule has 0 aliphatic heterocycles. The van der Waals surface area contributed by atoms with Gasteiger partial charge in [-0.2, -0.15) is 0 Å². The van der Waals surface area contributed by atoms with E-state index in [0.29, 0.717) is 11.2 Å². The minimum absolute atomic E-state index is 0.0965. The lowest BCUT2D eigenvalue weighted by Crippen LogP contribution is -1.95. The smallest absolute Gasteiger partial charge is 0.339 e. The molecule has 0 saturated heterocycles. The molecule has 2 rings (SSSR count). The van der Waals surface area contributed by atoms with Crippen LogP contribution in [0.1, 0.15) is 10.4 Å². The number of nitrogens with one attached hydrogen (secondary N) is 1. The number of fused-ring (bicyclic) bond motifs is 1. The van der Waals surface area contributed by atoms with Crippen LogP contribution in [0.25, 0.3) is 11.2 Å². The van der Waals surface area contributed by atoms with Crippen LogP contribution >= 0.6 is 11.6 Å². The summed E-state index contributed by atoms with van der Waals surface area (Å²) in [6, 6.07) is 0. The van der Waals surface area contributed by atoms with Crippen LogP contribution in [0.3, 0.4) is 0 Å². The maximum atomic E-state index is 10.6. The summed E-state index contributed by atoms with van der Waals surface area (Å²) >= 11 is 5.57. The number of rotatable bonds is 1. The van der Waals surface area contributed by atoms with Crippen molar-refractivity contribution in [2.45, 2.75) is 0 Å². The summed E-state index contributed by atoms with van der Waals surface area (Å²) in [5.41, 5.74) is 0.793. The molecule has 0 atom stereocenters. The Morgan fingerprint density at radius 3 is 3.08 bits per heavy atom. The van der Waals surface area contributed by atoms with E-state index in [4.69, 9.17) is 16.7 Å².